The van der Waals surface area contributed by atoms with Crippen LogP contribution in [0.4, 0.5) is 22.0 Å². The van der Waals surface area contributed by atoms with Crippen LogP contribution in [0.25, 0.3) is 5.95 Å². The molecular formula is C8H6F5N5. The molecule has 0 fully saturated rings. The summed E-state index contributed by atoms with van der Waals surface area (Å²) in [5.74, 6) is -1.71. The lowest BCUT2D eigenvalue weighted by Crippen LogP contribution is -2.15. The Labute approximate surface area is 96.8 Å². The Morgan fingerprint density at radius 3 is 2.39 bits per heavy atom. The molecule has 5 nitrogen and oxygen atoms in total. The average molecular weight is 267 g/mol. The minimum atomic E-state index is -4.71. The van der Waals surface area contributed by atoms with Gasteiger partial charge >= 0.3 is 6.18 Å². The van der Waals surface area contributed by atoms with Gasteiger partial charge in [0.2, 0.25) is 5.82 Å². The molecule has 0 aromatic carbocycles. The fraction of sp³-hybridized carbons (Fsp3) is 0.375. The van der Waals surface area contributed by atoms with Crippen molar-refractivity contribution >= 4 is 0 Å². The van der Waals surface area contributed by atoms with E-state index in [1.54, 1.807) is 0 Å². The Morgan fingerprint density at radius 1 is 1.22 bits per heavy atom. The molecule has 0 aliphatic rings. The third-order valence-electron chi connectivity index (χ3n) is 2.19. The van der Waals surface area contributed by atoms with Crippen molar-refractivity contribution < 1.29 is 22.0 Å². The van der Waals surface area contributed by atoms with Gasteiger partial charge in [0, 0.05) is 13.2 Å². The summed E-state index contributed by atoms with van der Waals surface area (Å²) < 4.78 is 63.7. The van der Waals surface area contributed by atoms with Crippen LogP contribution in [0.2, 0.25) is 0 Å². The van der Waals surface area contributed by atoms with Crippen molar-refractivity contribution in [2.45, 2.75) is 12.6 Å². The Balaban J connectivity index is 2.53. The summed E-state index contributed by atoms with van der Waals surface area (Å²) in [6, 6.07) is 0.993. The van der Waals surface area contributed by atoms with Crippen LogP contribution in [0.1, 0.15) is 17.9 Å². The van der Waals surface area contributed by atoms with E-state index in [1.165, 1.54) is 0 Å². The van der Waals surface area contributed by atoms with Gasteiger partial charge in [-0.05, 0) is 6.07 Å². The molecule has 0 aliphatic heterocycles. The van der Waals surface area contributed by atoms with E-state index in [2.05, 4.69) is 15.3 Å². The van der Waals surface area contributed by atoms with Gasteiger partial charge in [-0.2, -0.15) is 23.0 Å². The summed E-state index contributed by atoms with van der Waals surface area (Å²) in [6.07, 6.45) is -6.54. The fourth-order valence-corrected chi connectivity index (χ4v) is 1.40. The largest absolute Gasteiger partial charge is 0.451 e. The number of hydrogen-bond acceptors (Lipinski definition) is 3. The van der Waals surface area contributed by atoms with Gasteiger partial charge in [0.1, 0.15) is 5.69 Å². The summed E-state index contributed by atoms with van der Waals surface area (Å²) >= 11 is 0. The second-order valence-corrected chi connectivity index (χ2v) is 3.35. The lowest BCUT2D eigenvalue weighted by Gasteiger charge is -2.08. The van der Waals surface area contributed by atoms with Crippen molar-refractivity contribution in [2.24, 2.45) is 7.05 Å². The Bertz CT molecular complexity index is 554. The normalized spacial score (nSPS) is 12.4. The molecule has 2 aromatic rings. The van der Waals surface area contributed by atoms with Crippen molar-refractivity contribution in [1.29, 1.82) is 0 Å². The number of halogens is 5. The van der Waals surface area contributed by atoms with E-state index in [4.69, 9.17) is 0 Å². The second-order valence-electron chi connectivity index (χ2n) is 3.35. The minimum absolute atomic E-state index is 0.428. The molecule has 0 radical (unpaired) electrons. The van der Waals surface area contributed by atoms with Crippen LogP contribution < -0.4 is 0 Å². The standard InChI is InChI=1S/C8H6F5N5/c1-17-6(8(11,12)13)15-16-7(17)18-4(5(9)10)2-3-14-18/h2-3,5H,1H3. The highest BCUT2D eigenvalue weighted by molar-refractivity contribution is 5.19. The first-order chi connectivity index (χ1) is 8.32. The van der Waals surface area contributed by atoms with Gasteiger partial charge in [0.25, 0.3) is 12.4 Å². The maximum absolute atomic E-state index is 12.6. The summed E-state index contributed by atoms with van der Waals surface area (Å²) in [5.41, 5.74) is -0.556. The van der Waals surface area contributed by atoms with E-state index >= 15 is 0 Å². The van der Waals surface area contributed by atoms with Gasteiger partial charge in [-0.3, -0.25) is 4.57 Å². The number of nitrogens with zero attached hydrogens (tertiary/aromatic N) is 5. The van der Waals surface area contributed by atoms with Gasteiger partial charge in [-0.25, -0.2) is 8.78 Å². The highest BCUT2D eigenvalue weighted by Crippen LogP contribution is 2.28. The minimum Gasteiger partial charge on any atom is -0.291 e. The molecule has 0 amide bonds. The summed E-state index contributed by atoms with van der Waals surface area (Å²) in [5, 5.41) is 9.66. The fourth-order valence-electron chi connectivity index (χ4n) is 1.40. The van der Waals surface area contributed by atoms with Gasteiger partial charge in [0.15, 0.2) is 0 Å². The molecule has 2 heterocycles. The zero-order valence-corrected chi connectivity index (χ0v) is 8.86. The third-order valence-corrected chi connectivity index (χ3v) is 2.19. The lowest BCUT2D eigenvalue weighted by atomic mass is 10.4. The average Bonchev–Trinajstić information content (AvgIpc) is 2.81. The molecule has 0 unspecified atom stereocenters. The molecule has 0 aliphatic carbocycles. The molecule has 0 spiro atoms. The first-order valence-electron chi connectivity index (χ1n) is 4.61. The number of alkyl halides is 5. The zero-order valence-electron chi connectivity index (χ0n) is 8.86. The molecule has 0 atom stereocenters. The molecule has 0 saturated heterocycles. The third kappa shape index (κ3) is 1.93. The van der Waals surface area contributed by atoms with Crippen LogP contribution in [0.3, 0.4) is 0 Å². The first kappa shape index (κ1) is 12.5. The summed E-state index contributed by atoms with van der Waals surface area (Å²) in [6.45, 7) is 0. The van der Waals surface area contributed by atoms with Crippen LogP contribution in [-0.2, 0) is 13.2 Å². The summed E-state index contributed by atoms with van der Waals surface area (Å²) in [4.78, 5) is 0. The molecule has 18 heavy (non-hydrogen) atoms. The molecule has 98 valence electrons. The highest BCUT2D eigenvalue weighted by atomic mass is 19.4. The van der Waals surface area contributed by atoms with E-state index in [0.29, 0.717) is 9.25 Å². The molecule has 2 rings (SSSR count). The van der Waals surface area contributed by atoms with Crippen LogP contribution in [-0.4, -0.2) is 24.5 Å². The zero-order chi connectivity index (χ0) is 13.5. The van der Waals surface area contributed by atoms with Crippen molar-refractivity contribution in [2.75, 3.05) is 0 Å². The van der Waals surface area contributed by atoms with Crippen LogP contribution >= 0.6 is 0 Å². The Hall–Kier alpha value is -2.00. The van der Waals surface area contributed by atoms with Gasteiger partial charge in [-0.1, -0.05) is 0 Å². The van der Waals surface area contributed by atoms with E-state index in [1.807, 2.05) is 0 Å². The maximum Gasteiger partial charge on any atom is 0.451 e. The van der Waals surface area contributed by atoms with Crippen molar-refractivity contribution in [3.8, 4) is 5.95 Å². The number of hydrogen-bond donors (Lipinski definition) is 0. The smallest absolute Gasteiger partial charge is 0.291 e. The predicted octanol–water partition coefficient (Wildman–Crippen LogP) is 1.96. The van der Waals surface area contributed by atoms with Crippen LogP contribution in [0, 0.1) is 0 Å². The van der Waals surface area contributed by atoms with Crippen molar-refractivity contribution in [1.82, 2.24) is 24.5 Å². The van der Waals surface area contributed by atoms with Crippen LogP contribution in [0.5, 0.6) is 0 Å². The van der Waals surface area contributed by atoms with E-state index < -0.39 is 30.1 Å². The Morgan fingerprint density at radius 2 is 1.89 bits per heavy atom. The number of aromatic nitrogens is 5. The SMILES string of the molecule is Cn1c(-n2nccc2C(F)F)nnc1C(F)(F)F. The Kier molecular flexibility index (Phi) is 2.79. The predicted molar refractivity (Wildman–Crippen MR) is 48.1 cm³/mol. The van der Waals surface area contributed by atoms with Crippen molar-refractivity contribution in [3.63, 3.8) is 0 Å². The second kappa shape index (κ2) is 4.03. The molecular weight excluding hydrogens is 261 g/mol. The molecule has 2 aromatic heterocycles. The maximum atomic E-state index is 12.6. The summed E-state index contributed by atoms with van der Waals surface area (Å²) in [7, 11) is 1.02. The molecule has 0 N–H and O–H groups in total. The van der Waals surface area contributed by atoms with Crippen LogP contribution in [0.15, 0.2) is 12.3 Å². The van der Waals surface area contributed by atoms with E-state index in [0.717, 1.165) is 19.3 Å². The first-order valence-corrected chi connectivity index (χ1v) is 4.61. The highest BCUT2D eigenvalue weighted by Gasteiger charge is 2.38. The van der Waals surface area contributed by atoms with E-state index in [9.17, 15) is 22.0 Å². The molecule has 0 bridgehead atoms. The van der Waals surface area contributed by atoms with Gasteiger partial charge in [0.05, 0.1) is 0 Å². The number of rotatable bonds is 2. The topological polar surface area (TPSA) is 48.5 Å². The van der Waals surface area contributed by atoms with Gasteiger partial charge in [-0.15, -0.1) is 10.2 Å². The lowest BCUT2D eigenvalue weighted by molar-refractivity contribution is -0.147. The molecule has 0 saturated carbocycles. The quantitative estimate of drug-likeness (QED) is 0.781. The van der Waals surface area contributed by atoms with Gasteiger partial charge < -0.3 is 0 Å². The monoisotopic (exact) mass is 267 g/mol. The molecule has 10 heteroatoms. The van der Waals surface area contributed by atoms with Crippen molar-refractivity contribution in [3.05, 3.63) is 23.8 Å². The van der Waals surface area contributed by atoms with E-state index in [-0.39, 0.29) is 0 Å².